The highest BCUT2D eigenvalue weighted by molar-refractivity contribution is 5.75. The number of carbonyl (C=O) groups is 1. The summed E-state index contributed by atoms with van der Waals surface area (Å²) in [6, 6.07) is 6.00. The lowest BCUT2D eigenvalue weighted by Gasteiger charge is -2.22. The van der Waals surface area contributed by atoms with Gasteiger partial charge >= 0.3 is 5.97 Å². The number of nitrogens with one attached hydrogen (secondary N) is 1. The van der Waals surface area contributed by atoms with Crippen LogP contribution in [0.25, 0.3) is 0 Å². The Morgan fingerprint density at radius 3 is 2.60 bits per heavy atom. The van der Waals surface area contributed by atoms with Crippen molar-refractivity contribution in [2.24, 2.45) is 0 Å². The fraction of sp³-hybridized carbons (Fsp3) is 0.533. The van der Waals surface area contributed by atoms with E-state index in [2.05, 4.69) is 5.32 Å². The Balaban J connectivity index is 2.53. The third-order valence-corrected chi connectivity index (χ3v) is 3.15. The van der Waals surface area contributed by atoms with Crippen LogP contribution in [0.2, 0.25) is 0 Å². The van der Waals surface area contributed by atoms with Gasteiger partial charge in [0.2, 0.25) is 0 Å². The van der Waals surface area contributed by atoms with Gasteiger partial charge in [0.1, 0.15) is 11.9 Å². The number of methoxy groups -OCH3 is 1. The summed E-state index contributed by atoms with van der Waals surface area (Å²) in [5.41, 5.74) is 0.922. The van der Waals surface area contributed by atoms with Crippen molar-refractivity contribution >= 4 is 11.7 Å². The largest absolute Gasteiger partial charge is 0.468 e. The number of anilines is 1. The van der Waals surface area contributed by atoms with Gasteiger partial charge in [-0.15, -0.1) is 0 Å². The van der Waals surface area contributed by atoms with Gasteiger partial charge in [-0.2, -0.15) is 0 Å². The molecule has 1 aromatic rings. The zero-order valence-electron chi connectivity index (χ0n) is 12.4. The molecular formula is C15H23FN2O2. The number of ether oxygens (including phenoxy) is 1. The molecule has 4 nitrogen and oxygen atoms in total. The summed E-state index contributed by atoms with van der Waals surface area (Å²) in [6.45, 7) is 3.51. The monoisotopic (exact) mass is 282 g/mol. The van der Waals surface area contributed by atoms with Gasteiger partial charge in [0.15, 0.2) is 0 Å². The van der Waals surface area contributed by atoms with E-state index in [1.54, 1.807) is 12.1 Å². The highest BCUT2D eigenvalue weighted by atomic mass is 19.1. The molecule has 0 fully saturated rings. The zero-order chi connectivity index (χ0) is 15.0. The van der Waals surface area contributed by atoms with E-state index in [1.807, 2.05) is 18.9 Å². The highest BCUT2D eigenvalue weighted by Crippen LogP contribution is 2.13. The SMILES string of the molecule is CCCNC(CCN(C)c1ccc(F)cc1)C(=O)OC. The van der Waals surface area contributed by atoms with E-state index in [0.29, 0.717) is 13.0 Å². The summed E-state index contributed by atoms with van der Waals surface area (Å²) >= 11 is 0. The molecule has 0 spiro atoms. The van der Waals surface area contributed by atoms with Crippen LogP contribution in [0.15, 0.2) is 24.3 Å². The van der Waals surface area contributed by atoms with Crippen LogP contribution in [0.5, 0.6) is 0 Å². The Kier molecular flexibility index (Phi) is 7.01. The highest BCUT2D eigenvalue weighted by Gasteiger charge is 2.18. The van der Waals surface area contributed by atoms with Crippen molar-refractivity contribution in [1.82, 2.24) is 5.32 Å². The molecule has 0 bridgehead atoms. The Bertz CT molecular complexity index is 409. The number of benzene rings is 1. The molecule has 20 heavy (non-hydrogen) atoms. The van der Waals surface area contributed by atoms with Crippen LogP contribution in [0, 0.1) is 5.82 Å². The van der Waals surface area contributed by atoms with E-state index in [-0.39, 0.29) is 17.8 Å². The predicted octanol–water partition coefficient (Wildman–Crippen LogP) is 2.19. The third-order valence-electron chi connectivity index (χ3n) is 3.15. The van der Waals surface area contributed by atoms with Crippen molar-refractivity contribution in [2.45, 2.75) is 25.8 Å². The fourth-order valence-corrected chi connectivity index (χ4v) is 1.91. The van der Waals surface area contributed by atoms with Gasteiger partial charge in [0, 0.05) is 19.3 Å². The second kappa shape index (κ2) is 8.53. The van der Waals surface area contributed by atoms with Gasteiger partial charge in [0.05, 0.1) is 7.11 Å². The molecule has 0 aliphatic carbocycles. The molecule has 0 radical (unpaired) electrons. The lowest BCUT2D eigenvalue weighted by Crippen LogP contribution is -2.40. The quantitative estimate of drug-likeness (QED) is 0.742. The molecule has 1 unspecified atom stereocenters. The molecule has 0 aromatic heterocycles. The van der Waals surface area contributed by atoms with Crippen molar-refractivity contribution in [3.8, 4) is 0 Å². The molecule has 1 aromatic carbocycles. The number of nitrogens with zero attached hydrogens (tertiary/aromatic N) is 1. The summed E-state index contributed by atoms with van der Waals surface area (Å²) in [7, 11) is 3.31. The maximum Gasteiger partial charge on any atom is 0.322 e. The lowest BCUT2D eigenvalue weighted by molar-refractivity contribution is -0.143. The zero-order valence-corrected chi connectivity index (χ0v) is 12.4. The van der Waals surface area contributed by atoms with Crippen LogP contribution in [0.4, 0.5) is 10.1 Å². The first-order chi connectivity index (χ1) is 9.58. The van der Waals surface area contributed by atoms with Gasteiger partial charge in [-0.1, -0.05) is 6.92 Å². The molecule has 0 saturated heterocycles. The first kappa shape index (κ1) is 16.4. The standard InChI is InChI=1S/C15H23FN2O2/c1-4-10-17-14(15(19)20-3)9-11-18(2)13-7-5-12(16)6-8-13/h5-8,14,17H,4,9-11H2,1-3H3. The molecule has 112 valence electrons. The smallest absolute Gasteiger partial charge is 0.322 e. The van der Waals surface area contributed by atoms with Crippen LogP contribution in [-0.2, 0) is 9.53 Å². The second-order valence-corrected chi connectivity index (χ2v) is 4.72. The Morgan fingerprint density at radius 1 is 1.40 bits per heavy atom. The summed E-state index contributed by atoms with van der Waals surface area (Å²) in [6.07, 6.45) is 1.60. The maximum atomic E-state index is 12.9. The van der Waals surface area contributed by atoms with Crippen molar-refractivity contribution in [2.75, 3.05) is 32.1 Å². The Morgan fingerprint density at radius 2 is 2.05 bits per heavy atom. The predicted molar refractivity (Wildman–Crippen MR) is 78.4 cm³/mol. The average molecular weight is 282 g/mol. The number of halogens is 1. The molecule has 0 amide bonds. The number of carbonyl (C=O) groups excluding carboxylic acids is 1. The van der Waals surface area contributed by atoms with Crippen LogP contribution in [0.3, 0.4) is 0 Å². The molecule has 0 saturated carbocycles. The van der Waals surface area contributed by atoms with E-state index in [0.717, 1.165) is 18.7 Å². The lowest BCUT2D eigenvalue weighted by atomic mass is 10.2. The second-order valence-electron chi connectivity index (χ2n) is 4.72. The maximum absolute atomic E-state index is 12.9. The molecule has 1 N–H and O–H groups in total. The van der Waals surface area contributed by atoms with Crippen molar-refractivity contribution in [3.63, 3.8) is 0 Å². The van der Waals surface area contributed by atoms with E-state index in [4.69, 9.17) is 4.74 Å². The van der Waals surface area contributed by atoms with Crippen LogP contribution >= 0.6 is 0 Å². The number of esters is 1. The molecule has 1 rings (SSSR count). The van der Waals surface area contributed by atoms with Gasteiger partial charge in [-0.05, 0) is 43.7 Å². The minimum absolute atomic E-state index is 0.244. The first-order valence-electron chi connectivity index (χ1n) is 6.86. The molecule has 1 atom stereocenters. The van der Waals surface area contributed by atoms with Crippen molar-refractivity contribution in [3.05, 3.63) is 30.1 Å². The van der Waals surface area contributed by atoms with Crippen molar-refractivity contribution < 1.29 is 13.9 Å². The van der Waals surface area contributed by atoms with Crippen LogP contribution < -0.4 is 10.2 Å². The molecule has 0 aliphatic rings. The summed E-state index contributed by atoms with van der Waals surface area (Å²) in [5.74, 6) is -0.495. The third kappa shape index (κ3) is 5.17. The van der Waals surface area contributed by atoms with Crippen LogP contribution in [0.1, 0.15) is 19.8 Å². The normalized spacial score (nSPS) is 12.0. The summed E-state index contributed by atoms with van der Waals surface area (Å²) in [4.78, 5) is 13.6. The van der Waals surface area contributed by atoms with Gasteiger partial charge in [0.25, 0.3) is 0 Å². The summed E-state index contributed by atoms with van der Waals surface area (Å²) < 4.78 is 17.7. The number of rotatable bonds is 8. The van der Waals surface area contributed by atoms with E-state index in [1.165, 1.54) is 19.2 Å². The van der Waals surface area contributed by atoms with Crippen molar-refractivity contribution in [1.29, 1.82) is 0 Å². The Hall–Kier alpha value is -1.62. The van der Waals surface area contributed by atoms with E-state index in [9.17, 15) is 9.18 Å². The molecule has 0 heterocycles. The molecule has 5 heteroatoms. The average Bonchev–Trinajstić information content (AvgIpc) is 2.47. The van der Waals surface area contributed by atoms with E-state index >= 15 is 0 Å². The molecular weight excluding hydrogens is 259 g/mol. The van der Waals surface area contributed by atoms with E-state index < -0.39 is 0 Å². The van der Waals surface area contributed by atoms with Gasteiger partial charge in [-0.25, -0.2) is 4.39 Å². The molecule has 0 aliphatic heterocycles. The minimum atomic E-state index is -0.303. The van der Waals surface area contributed by atoms with Gasteiger partial charge in [-0.3, -0.25) is 4.79 Å². The minimum Gasteiger partial charge on any atom is -0.468 e. The van der Waals surface area contributed by atoms with Crippen LogP contribution in [-0.4, -0.2) is 39.3 Å². The summed E-state index contributed by atoms with van der Waals surface area (Å²) in [5, 5.41) is 3.17. The number of hydrogen-bond donors (Lipinski definition) is 1. The topological polar surface area (TPSA) is 41.6 Å². The first-order valence-corrected chi connectivity index (χ1v) is 6.86. The fourth-order valence-electron chi connectivity index (χ4n) is 1.91. The van der Waals surface area contributed by atoms with Gasteiger partial charge < -0.3 is 15.0 Å². The number of hydrogen-bond acceptors (Lipinski definition) is 4. The Labute approximate surface area is 119 Å².